The molecule has 1 saturated heterocycles. The topological polar surface area (TPSA) is 72.9 Å². The normalized spacial score (nSPS) is 17.1. The van der Waals surface area contributed by atoms with Gasteiger partial charge in [-0.1, -0.05) is 42.5 Å². The number of nitrogens with zero attached hydrogens (tertiary/aromatic N) is 1. The summed E-state index contributed by atoms with van der Waals surface area (Å²) in [6.07, 6.45) is 3.06. The fraction of sp³-hybridized carbons (Fsp3) is 0.344. The number of rotatable bonds is 10. The van der Waals surface area contributed by atoms with Crippen LogP contribution in [0.2, 0.25) is 0 Å². The minimum absolute atomic E-state index is 0.00590. The number of amides is 1. The SMILES string of the molecule is CSc1ccc(C(=O)C2CN(C(=O)Oc3ccccc3)CC2CCc2ccc(OC(C)(C)C(C)=O)cc2)cc1. The molecule has 1 fully saturated rings. The molecule has 2 unspecified atom stereocenters. The second kappa shape index (κ2) is 12.5. The lowest BCUT2D eigenvalue weighted by molar-refractivity contribution is -0.129. The predicted octanol–water partition coefficient (Wildman–Crippen LogP) is 6.72. The standard InChI is InChI=1S/C32H35NO5S/c1-22(34)32(2,3)38-27-16-11-23(12-17-27)10-13-25-20-33(31(36)37-26-8-6-5-7-9-26)21-29(25)30(35)24-14-18-28(39-4)19-15-24/h5-9,11-12,14-19,25,29H,10,13,20-21H2,1-4H3. The summed E-state index contributed by atoms with van der Waals surface area (Å²) < 4.78 is 11.4. The Balaban J connectivity index is 1.46. The van der Waals surface area contributed by atoms with Gasteiger partial charge in [-0.2, -0.15) is 0 Å². The van der Waals surface area contributed by atoms with E-state index < -0.39 is 11.7 Å². The van der Waals surface area contributed by atoms with Gasteiger partial charge < -0.3 is 14.4 Å². The zero-order valence-electron chi connectivity index (χ0n) is 22.9. The molecule has 0 N–H and O–H groups in total. The number of hydrogen-bond donors (Lipinski definition) is 0. The van der Waals surface area contributed by atoms with Crippen molar-refractivity contribution in [3.63, 3.8) is 0 Å². The van der Waals surface area contributed by atoms with Crippen molar-refractivity contribution in [1.29, 1.82) is 0 Å². The van der Waals surface area contributed by atoms with E-state index in [0.29, 0.717) is 30.2 Å². The fourth-order valence-corrected chi connectivity index (χ4v) is 5.08. The molecular formula is C32H35NO5S. The van der Waals surface area contributed by atoms with Crippen LogP contribution in [0.25, 0.3) is 0 Å². The second-order valence-corrected chi connectivity index (χ2v) is 11.3. The van der Waals surface area contributed by atoms with Crippen LogP contribution < -0.4 is 9.47 Å². The average Bonchev–Trinajstić information content (AvgIpc) is 3.37. The largest absolute Gasteiger partial charge is 0.480 e. The van der Waals surface area contributed by atoms with Gasteiger partial charge in [-0.25, -0.2) is 4.79 Å². The molecule has 1 aliphatic rings. The van der Waals surface area contributed by atoms with Crippen molar-refractivity contribution in [2.45, 2.75) is 44.1 Å². The number of likely N-dealkylation sites (tertiary alicyclic amines) is 1. The first-order valence-corrected chi connectivity index (χ1v) is 14.4. The van der Waals surface area contributed by atoms with E-state index in [9.17, 15) is 14.4 Å². The van der Waals surface area contributed by atoms with Crippen molar-refractivity contribution in [2.75, 3.05) is 19.3 Å². The number of ether oxygens (including phenoxy) is 2. The van der Waals surface area contributed by atoms with Gasteiger partial charge in [0, 0.05) is 29.5 Å². The van der Waals surface area contributed by atoms with E-state index in [0.717, 1.165) is 23.3 Å². The highest BCUT2D eigenvalue weighted by Gasteiger charge is 2.40. The van der Waals surface area contributed by atoms with Crippen LogP contribution in [0.5, 0.6) is 11.5 Å². The van der Waals surface area contributed by atoms with Gasteiger partial charge in [-0.15, -0.1) is 11.8 Å². The summed E-state index contributed by atoms with van der Waals surface area (Å²) in [4.78, 5) is 41.1. The molecule has 0 saturated carbocycles. The molecule has 2 atom stereocenters. The van der Waals surface area contributed by atoms with Crippen molar-refractivity contribution in [3.05, 3.63) is 90.0 Å². The van der Waals surface area contributed by atoms with E-state index in [2.05, 4.69) is 0 Å². The van der Waals surface area contributed by atoms with Crippen LogP contribution in [-0.4, -0.2) is 47.5 Å². The molecule has 4 rings (SSSR count). The summed E-state index contributed by atoms with van der Waals surface area (Å²) in [5.41, 5.74) is 0.879. The number of Topliss-reactive ketones (excluding diaryl/α,β-unsaturated/α-hetero) is 2. The van der Waals surface area contributed by atoms with E-state index in [1.54, 1.807) is 42.6 Å². The van der Waals surface area contributed by atoms with Crippen LogP contribution in [-0.2, 0) is 11.2 Å². The van der Waals surface area contributed by atoms with Crippen LogP contribution in [0, 0.1) is 11.8 Å². The molecule has 0 aliphatic carbocycles. The molecule has 3 aromatic rings. The molecule has 0 spiro atoms. The molecule has 6 nitrogen and oxygen atoms in total. The molecule has 1 amide bonds. The highest BCUT2D eigenvalue weighted by Crippen LogP contribution is 2.32. The zero-order chi connectivity index (χ0) is 28.0. The van der Waals surface area contributed by atoms with E-state index in [1.165, 1.54) is 6.92 Å². The Morgan fingerprint density at radius 2 is 1.56 bits per heavy atom. The highest BCUT2D eigenvalue weighted by molar-refractivity contribution is 7.98. The maximum atomic E-state index is 13.6. The van der Waals surface area contributed by atoms with Gasteiger partial charge in [-0.3, -0.25) is 9.59 Å². The lowest BCUT2D eigenvalue weighted by Crippen LogP contribution is -2.36. The molecule has 39 heavy (non-hydrogen) atoms. The van der Waals surface area contributed by atoms with Gasteiger partial charge in [-0.05, 0) is 87.7 Å². The third-order valence-corrected chi connectivity index (χ3v) is 8.05. The number of benzene rings is 3. The zero-order valence-corrected chi connectivity index (χ0v) is 23.7. The quantitative estimate of drug-likeness (QED) is 0.208. The van der Waals surface area contributed by atoms with E-state index >= 15 is 0 Å². The van der Waals surface area contributed by atoms with Gasteiger partial charge in [0.25, 0.3) is 0 Å². The summed E-state index contributed by atoms with van der Waals surface area (Å²) in [5.74, 6) is 0.814. The van der Waals surface area contributed by atoms with E-state index in [4.69, 9.17) is 9.47 Å². The number of thioether (sulfide) groups is 1. The minimum Gasteiger partial charge on any atom is -0.480 e. The number of ketones is 2. The van der Waals surface area contributed by atoms with Crippen molar-refractivity contribution >= 4 is 29.4 Å². The number of hydrogen-bond acceptors (Lipinski definition) is 6. The fourth-order valence-electron chi connectivity index (χ4n) is 4.68. The Morgan fingerprint density at radius 1 is 0.897 bits per heavy atom. The Bertz CT molecular complexity index is 1290. The summed E-state index contributed by atoms with van der Waals surface area (Å²) in [7, 11) is 0. The summed E-state index contributed by atoms with van der Waals surface area (Å²) in [5, 5.41) is 0. The summed E-state index contributed by atoms with van der Waals surface area (Å²) in [6.45, 7) is 5.81. The van der Waals surface area contributed by atoms with Crippen molar-refractivity contribution in [3.8, 4) is 11.5 Å². The maximum absolute atomic E-state index is 13.6. The highest BCUT2D eigenvalue weighted by atomic mass is 32.2. The lowest BCUT2D eigenvalue weighted by Gasteiger charge is -2.23. The molecule has 204 valence electrons. The molecule has 1 aliphatic heterocycles. The van der Waals surface area contributed by atoms with Crippen molar-refractivity contribution in [1.82, 2.24) is 4.90 Å². The van der Waals surface area contributed by atoms with Gasteiger partial charge in [0.1, 0.15) is 11.5 Å². The number of aryl methyl sites for hydroxylation is 1. The van der Waals surface area contributed by atoms with Gasteiger partial charge in [0.15, 0.2) is 17.2 Å². The van der Waals surface area contributed by atoms with Gasteiger partial charge in [0.2, 0.25) is 0 Å². The second-order valence-electron chi connectivity index (χ2n) is 10.4. The Labute approximate surface area is 234 Å². The first-order chi connectivity index (χ1) is 18.7. The summed E-state index contributed by atoms with van der Waals surface area (Å²) in [6, 6.07) is 24.4. The number of carbonyl (C=O) groups excluding carboxylic acids is 3. The number of para-hydroxylation sites is 1. The molecule has 0 aromatic heterocycles. The molecule has 7 heteroatoms. The third-order valence-electron chi connectivity index (χ3n) is 7.31. The van der Waals surface area contributed by atoms with Crippen LogP contribution in [0.1, 0.15) is 43.1 Å². The monoisotopic (exact) mass is 545 g/mol. The lowest BCUT2D eigenvalue weighted by atomic mass is 9.85. The maximum Gasteiger partial charge on any atom is 0.415 e. The molecule has 0 bridgehead atoms. The molecule has 0 radical (unpaired) electrons. The van der Waals surface area contributed by atoms with E-state index in [1.807, 2.05) is 73.0 Å². The van der Waals surface area contributed by atoms with Crippen LogP contribution in [0.3, 0.4) is 0 Å². The van der Waals surface area contributed by atoms with E-state index in [-0.39, 0.29) is 23.4 Å². The predicted molar refractivity (Wildman–Crippen MR) is 154 cm³/mol. The first kappa shape index (κ1) is 28.4. The number of carbonyl (C=O) groups is 3. The van der Waals surface area contributed by atoms with Crippen LogP contribution in [0.4, 0.5) is 4.79 Å². The Hall–Kier alpha value is -3.58. The smallest absolute Gasteiger partial charge is 0.415 e. The molecule has 3 aromatic carbocycles. The molecule has 1 heterocycles. The first-order valence-electron chi connectivity index (χ1n) is 13.2. The molecular weight excluding hydrogens is 510 g/mol. The van der Waals surface area contributed by atoms with Crippen LogP contribution in [0.15, 0.2) is 83.8 Å². The van der Waals surface area contributed by atoms with Gasteiger partial charge in [0.05, 0.1) is 0 Å². The van der Waals surface area contributed by atoms with Crippen molar-refractivity contribution in [2.24, 2.45) is 11.8 Å². The van der Waals surface area contributed by atoms with Crippen LogP contribution >= 0.6 is 11.8 Å². The Morgan fingerprint density at radius 3 is 2.18 bits per heavy atom. The van der Waals surface area contributed by atoms with Gasteiger partial charge >= 0.3 is 6.09 Å². The third kappa shape index (κ3) is 7.30. The summed E-state index contributed by atoms with van der Waals surface area (Å²) >= 11 is 1.63. The Kier molecular flexibility index (Phi) is 9.12. The average molecular weight is 546 g/mol. The minimum atomic E-state index is -0.884. The van der Waals surface area contributed by atoms with Crippen molar-refractivity contribution < 1.29 is 23.9 Å².